The molecule has 0 aliphatic carbocycles. The Morgan fingerprint density at radius 3 is 2.79 bits per heavy atom. The van der Waals surface area contributed by atoms with Gasteiger partial charge < -0.3 is 9.30 Å². The number of nitrogens with zero attached hydrogens (tertiary/aromatic N) is 5. The number of imidazole rings is 1. The highest BCUT2D eigenvalue weighted by molar-refractivity contribution is 5.89. The first-order valence-corrected chi connectivity index (χ1v) is 5.60. The molecule has 19 heavy (non-hydrogen) atoms. The van der Waals surface area contributed by atoms with Gasteiger partial charge in [0.05, 0.1) is 19.0 Å². The van der Waals surface area contributed by atoms with E-state index in [0.29, 0.717) is 22.7 Å². The molecule has 0 aromatic carbocycles. The molecule has 96 valence electrons. The maximum absolute atomic E-state index is 11.5. The fraction of sp³-hybridized carbons (Fsp3) is 0.167. The molecule has 0 bridgehead atoms. The molecule has 3 rings (SSSR count). The number of carbonyl (C=O) groups is 1. The highest BCUT2D eigenvalue weighted by Gasteiger charge is 2.13. The van der Waals surface area contributed by atoms with Crippen molar-refractivity contribution in [3.63, 3.8) is 0 Å². The minimum absolute atomic E-state index is 0.400. The van der Waals surface area contributed by atoms with Crippen LogP contribution in [0.25, 0.3) is 17.2 Å². The van der Waals surface area contributed by atoms with Gasteiger partial charge in [0, 0.05) is 19.4 Å². The van der Waals surface area contributed by atoms with Crippen molar-refractivity contribution >= 4 is 11.6 Å². The Morgan fingerprint density at radius 2 is 2.11 bits per heavy atom. The van der Waals surface area contributed by atoms with E-state index in [1.54, 1.807) is 29.1 Å². The van der Waals surface area contributed by atoms with Crippen molar-refractivity contribution in [2.75, 3.05) is 7.11 Å². The highest BCUT2D eigenvalue weighted by Crippen LogP contribution is 2.16. The van der Waals surface area contributed by atoms with Gasteiger partial charge in [-0.2, -0.15) is 0 Å². The lowest BCUT2D eigenvalue weighted by Gasteiger charge is -2.01. The van der Waals surface area contributed by atoms with E-state index in [1.165, 1.54) is 7.11 Å². The lowest BCUT2D eigenvalue weighted by molar-refractivity contribution is 0.0600. The van der Waals surface area contributed by atoms with Crippen molar-refractivity contribution in [1.82, 2.24) is 24.1 Å². The largest absolute Gasteiger partial charge is 0.465 e. The van der Waals surface area contributed by atoms with E-state index in [4.69, 9.17) is 4.74 Å². The van der Waals surface area contributed by atoms with Crippen LogP contribution in [0.5, 0.6) is 0 Å². The molecule has 0 radical (unpaired) electrons. The van der Waals surface area contributed by atoms with E-state index in [9.17, 15) is 4.79 Å². The maximum atomic E-state index is 11.5. The molecule has 0 N–H and O–H groups in total. The first-order chi connectivity index (χ1) is 9.19. The Balaban J connectivity index is 2.18. The van der Waals surface area contributed by atoms with Crippen LogP contribution in [0, 0.1) is 0 Å². The molecule has 3 aromatic heterocycles. The van der Waals surface area contributed by atoms with Crippen LogP contribution in [-0.4, -0.2) is 37.2 Å². The van der Waals surface area contributed by atoms with Crippen molar-refractivity contribution in [2.24, 2.45) is 7.05 Å². The van der Waals surface area contributed by atoms with Crippen molar-refractivity contribution in [3.8, 4) is 11.5 Å². The quantitative estimate of drug-likeness (QED) is 0.638. The van der Waals surface area contributed by atoms with Gasteiger partial charge >= 0.3 is 5.97 Å². The Bertz CT molecular complexity index is 758. The van der Waals surface area contributed by atoms with Gasteiger partial charge in [-0.1, -0.05) is 0 Å². The number of methoxy groups -OCH3 is 1. The molecule has 0 saturated carbocycles. The SMILES string of the molecule is COC(=O)c1ccc2nnc(-c3cn(C)cn3)n2c1. The molecular formula is C12H11N5O2. The van der Waals surface area contributed by atoms with Crippen molar-refractivity contribution in [3.05, 3.63) is 36.4 Å². The summed E-state index contributed by atoms with van der Waals surface area (Å²) in [4.78, 5) is 15.8. The van der Waals surface area contributed by atoms with Crippen LogP contribution >= 0.6 is 0 Å². The number of fused-ring (bicyclic) bond motifs is 1. The second-order valence-electron chi connectivity index (χ2n) is 4.09. The van der Waals surface area contributed by atoms with Crippen molar-refractivity contribution < 1.29 is 9.53 Å². The zero-order chi connectivity index (χ0) is 13.4. The number of rotatable bonds is 2. The molecule has 3 heterocycles. The number of esters is 1. The third-order valence-corrected chi connectivity index (χ3v) is 2.76. The van der Waals surface area contributed by atoms with Crippen LogP contribution in [-0.2, 0) is 11.8 Å². The van der Waals surface area contributed by atoms with E-state index in [2.05, 4.69) is 15.2 Å². The number of pyridine rings is 1. The second-order valence-corrected chi connectivity index (χ2v) is 4.09. The van der Waals surface area contributed by atoms with Gasteiger partial charge in [0.2, 0.25) is 0 Å². The van der Waals surface area contributed by atoms with E-state index in [1.807, 2.05) is 17.8 Å². The highest BCUT2D eigenvalue weighted by atomic mass is 16.5. The van der Waals surface area contributed by atoms with E-state index >= 15 is 0 Å². The summed E-state index contributed by atoms with van der Waals surface area (Å²) in [6, 6.07) is 3.36. The first-order valence-electron chi connectivity index (χ1n) is 5.60. The monoisotopic (exact) mass is 257 g/mol. The summed E-state index contributed by atoms with van der Waals surface area (Å²) in [5, 5.41) is 8.13. The summed E-state index contributed by atoms with van der Waals surface area (Å²) in [6.07, 6.45) is 5.16. The topological polar surface area (TPSA) is 74.3 Å². The van der Waals surface area contributed by atoms with Gasteiger partial charge in [-0.05, 0) is 12.1 Å². The zero-order valence-corrected chi connectivity index (χ0v) is 10.4. The van der Waals surface area contributed by atoms with Crippen molar-refractivity contribution in [2.45, 2.75) is 0 Å². The third kappa shape index (κ3) is 1.85. The predicted molar refractivity (Wildman–Crippen MR) is 66.5 cm³/mol. The summed E-state index contributed by atoms with van der Waals surface area (Å²) in [7, 11) is 3.22. The Hall–Kier alpha value is -2.70. The molecule has 0 fully saturated rings. The number of aromatic nitrogens is 5. The number of hydrogen-bond donors (Lipinski definition) is 0. The van der Waals surface area contributed by atoms with Crippen LogP contribution in [0.4, 0.5) is 0 Å². The van der Waals surface area contributed by atoms with Crippen molar-refractivity contribution in [1.29, 1.82) is 0 Å². The average molecular weight is 257 g/mol. The smallest absolute Gasteiger partial charge is 0.339 e. The maximum Gasteiger partial charge on any atom is 0.339 e. The summed E-state index contributed by atoms with van der Waals surface area (Å²) in [5.41, 5.74) is 1.78. The molecule has 0 saturated heterocycles. The number of aryl methyl sites for hydroxylation is 1. The van der Waals surface area contributed by atoms with E-state index in [-0.39, 0.29) is 0 Å². The number of carbonyl (C=O) groups excluding carboxylic acids is 1. The van der Waals surface area contributed by atoms with Crippen LogP contribution in [0.3, 0.4) is 0 Å². The summed E-state index contributed by atoms with van der Waals surface area (Å²) < 4.78 is 8.24. The molecule has 7 nitrogen and oxygen atoms in total. The fourth-order valence-corrected chi connectivity index (χ4v) is 1.83. The molecule has 0 unspecified atom stereocenters. The molecule has 0 atom stereocenters. The van der Waals surface area contributed by atoms with Gasteiger partial charge in [0.1, 0.15) is 5.69 Å². The number of hydrogen-bond acceptors (Lipinski definition) is 5. The molecular weight excluding hydrogens is 246 g/mol. The first kappa shape index (κ1) is 11.4. The molecule has 0 amide bonds. The lowest BCUT2D eigenvalue weighted by Crippen LogP contribution is -2.03. The Kier molecular flexibility index (Phi) is 2.52. The van der Waals surface area contributed by atoms with Gasteiger partial charge in [0.15, 0.2) is 11.5 Å². The van der Waals surface area contributed by atoms with Crippen LogP contribution in [0.1, 0.15) is 10.4 Å². The van der Waals surface area contributed by atoms with Gasteiger partial charge in [-0.25, -0.2) is 9.78 Å². The standard InChI is InChI=1S/C12H11N5O2/c1-16-6-9(13-7-16)11-15-14-10-4-3-8(5-17(10)11)12(18)19-2/h3-7H,1-2H3. The van der Waals surface area contributed by atoms with Crippen LogP contribution in [0.2, 0.25) is 0 Å². The molecule has 0 aliphatic heterocycles. The predicted octanol–water partition coefficient (Wildman–Crippen LogP) is 0.916. The Labute approximate surface area is 108 Å². The van der Waals surface area contributed by atoms with E-state index in [0.717, 1.165) is 0 Å². The molecule has 3 aromatic rings. The van der Waals surface area contributed by atoms with Gasteiger partial charge in [-0.15, -0.1) is 10.2 Å². The summed E-state index contributed by atoms with van der Waals surface area (Å²) >= 11 is 0. The zero-order valence-electron chi connectivity index (χ0n) is 10.4. The van der Waals surface area contributed by atoms with Gasteiger partial charge in [-0.3, -0.25) is 4.40 Å². The van der Waals surface area contributed by atoms with E-state index < -0.39 is 5.97 Å². The molecule has 0 spiro atoms. The molecule has 0 aliphatic rings. The fourth-order valence-electron chi connectivity index (χ4n) is 1.83. The Morgan fingerprint density at radius 1 is 1.26 bits per heavy atom. The van der Waals surface area contributed by atoms with Gasteiger partial charge in [0.25, 0.3) is 0 Å². The molecule has 7 heteroatoms. The lowest BCUT2D eigenvalue weighted by atomic mass is 10.3. The minimum Gasteiger partial charge on any atom is -0.465 e. The number of ether oxygens (including phenoxy) is 1. The van der Waals surface area contributed by atoms with Crippen LogP contribution in [0.15, 0.2) is 30.9 Å². The summed E-state index contributed by atoms with van der Waals surface area (Å²) in [6.45, 7) is 0. The average Bonchev–Trinajstić information content (AvgIpc) is 3.02. The summed E-state index contributed by atoms with van der Waals surface area (Å²) in [5.74, 6) is 0.184. The minimum atomic E-state index is -0.400. The third-order valence-electron chi connectivity index (χ3n) is 2.76. The second kappa shape index (κ2) is 4.20. The van der Waals surface area contributed by atoms with Crippen LogP contribution < -0.4 is 0 Å². The normalized spacial score (nSPS) is 10.8.